The highest BCUT2D eigenvalue weighted by Gasteiger charge is 2.15. The van der Waals surface area contributed by atoms with Gasteiger partial charge in [-0.2, -0.15) is 5.10 Å². The maximum absolute atomic E-state index is 13.8. The van der Waals surface area contributed by atoms with Crippen LogP contribution in [-0.4, -0.2) is 21.3 Å². The van der Waals surface area contributed by atoms with Crippen LogP contribution in [0.2, 0.25) is 0 Å². The van der Waals surface area contributed by atoms with Gasteiger partial charge in [0.1, 0.15) is 18.5 Å². The van der Waals surface area contributed by atoms with E-state index < -0.39 is 0 Å². The average molecular weight is 248 g/mol. The lowest BCUT2D eigenvalue weighted by Gasteiger charge is -2.19. The molecule has 0 aliphatic carbocycles. The average Bonchev–Trinajstić information content (AvgIpc) is 2.88. The van der Waals surface area contributed by atoms with E-state index in [4.69, 9.17) is 0 Å². The molecule has 1 unspecified atom stereocenters. The van der Waals surface area contributed by atoms with E-state index in [1.54, 1.807) is 23.1 Å². The quantitative estimate of drug-likeness (QED) is 0.851. The topological polar surface area (TPSA) is 42.7 Å². The Morgan fingerprint density at radius 3 is 2.89 bits per heavy atom. The molecule has 1 heterocycles. The van der Waals surface area contributed by atoms with Gasteiger partial charge < -0.3 is 5.32 Å². The second-order valence-corrected chi connectivity index (χ2v) is 4.15. The van der Waals surface area contributed by atoms with Crippen molar-refractivity contribution in [2.75, 3.05) is 6.54 Å². The minimum atomic E-state index is -0.189. The van der Waals surface area contributed by atoms with Gasteiger partial charge in [-0.3, -0.25) is 4.68 Å². The standard InChI is InChI=1S/C13H17FN4/c1-2-7-16-13(8-18-10-15-9-17-18)11-5-3-4-6-12(11)14/h3-6,9-10,13,16H,2,7-8H2,1H3. The molecular formula is C13H17FN4. The molecule has 0 saturated carbocycles. The van der Waals surface area contributed by atoms with Gasteiger partial charge in [0.15, 0.2) is 0 Å². The predicted octanol–water partition coefficient (Wildman–Crippen LogP) is 2.16. The van der Waals surface area contributed by atoms with E-state index in [-0.39, 0.29) is 11.9 Å². The maximum atomic E-state index is 13.8. The predicted molar refractivity (Wildman–Crippen MR) is 67.5 cm³/mol. The first kappa shape index (κ1) is 12.7. The lowest BCUT2D eigenvalue weighted by Crippen LogP contribution is -2.27. The summed E-state index contributed by atoms with van der Waals surface area (Å²) in [5.74, 6) is -0.189. The molecule has 1 atom stereocenters. The van der Waals surface area contributed by atoms with Crippen LogP contribution in [0, 0.1) is 5.82 Å². The number of halogens is 1. The van der Waals surface area contributed by atoms with Crippen molar-refractivity contribution < 1.29 is 4.39 Å². The van der Waals surface area contributed by atoms with Crippen LogP contribution < -0.4 is 5.32 Å². The first-order valence-electron chi connectivity index (χ1n) is 6.11. The first-order valence-corrected chi connectivity index (χ1v) is 6.11. The molecular weight excluding hydrogens is 231 g/mol. The summed E-state index contributed by atoms with van der Waals surface area (Å²) in [6.45, 7) is 3.50. The Morgan fingerprint density at radius 2 is 2.22 bits per heavy atom. The van der Waals surface area contributed by atoms with Crippen molar-refractivity contribution in [2.24, 2.45) is 0 Å². The third kappa shape index (κ3) is 3.13. The SMILES string of the molecule is CCCNC(Cn1cncn1)c1ccccc1F. The summed E-state index contributed by atoms with van der Waals surface area (Å²) in [6, 6.07) is 6.75. The molecule has 0 radical (unpaired) electrons. The van der Waals surface area contributed by atoms with Crippen molar-refractivity contribution in [1.82, 2.24) is 20.1 Å². The fourth-order valence-electron chi connectivity index (χ4n) is 1.86. The van der Waals surface area contributed by atoms with Crippen LogP contribution in [0.4, 0.5) is 4.39 Å². The van der Waals surface area contributed by atoms with E-state index in [0.717, 1.165) is 13.0 Å². The van der Waals surface area contributed by atoms with Crippen molar-refractivity contribution in [1.29, 1.82) is 0 Å². The zero-order valence-corrected chi connectivity index (χ0v) is 10.4. The van der Waals surface area contributed by atoms with Gasteiger partial charge in [-0.05, 0) is 19.0 Å². The van der Waals surface area contributed by atoms with Crippen molar-refractivity contribution in [2.45, 2.75) is 25.9 Å². The normalized spacial score (nSPS) is 12.6. The van der Waals surface area contributed by atoms with Gasteiger partial charge in [-0.1, -0.05) is 25.1 Å². The van der Waals surface area contributed by atoms with Crippen LogP contribution in [0.5, 0.6) is 0 Å². The van der Waals surface area contributed by atoms with E-state index in [9.17, 15) is 4.39 Å². The Morgan fingerprint density at radius 1 is 1.39 bits per heavy atom. The van der Waals surface area contributed by atoms with Gasteiger partial charge >= 0.3 is 0 Å². The van der Waals surface area contributed by atoms with E-state index in [2.05, 4.69) is 22.3 Å². The molecule has 0 fully saturated rings. The number of aromatic nitrogens is 3. The molecule has 0 amide bonds. The van der Waals surface area contributed by atoms with Crippen molar-refractivity contribution >= 4 is 0 Å². The molecule has 1 N–H and O–H groups in total. The Bertz CT molecular complexity index is 470. The lowest BCUT2D eigenvalue weighted by molar-refractivity contribution is 0.423. The largest absolute Gasteiger partial charge is 0.308 e. The molecule has 96 valence electrons. The second-order valence-electron chi connectivity index (χ2n) is 4.15. The summed E-state index contributed by atoms with van der Waals surface area (Å²) < 4.78 is 15.5. The minimum Gasteiger partial charge on any atom is -0.308 e. The summed E-state index contributed by atoms with van der Waals surface area (Å²) in [5.41, 5.74) is 0.668. The Kier molecular flexibility index (Phi) is 4.41. The van der Waals surface area contributed by atoms with Gasteiger partial charge in [0.05, 0.1) is 12.6 Å². The Hall–Kier alpha value is -1.75. The first-order chi connectivity index (χ1) is 8.81. The molecule has 0 saturated heterocycles. The van der Waals surface area contributed by atoms with Crippen LogP contribution in [0.1, 0.15) is 24.9 Å². The summed E-state index contributed by atoms with van der Waals surface area (Å²) in [5, 5.41) is 7.40. The third-order valence-electron chi connectivity index (χ3n) is 2.76. The molecule has 2 rings (SSSR count). The Balaban J connectivity index is 2.16. The van der Waals surface area contributed by atoms with Gasteiger partial charge in [-0.15, -0.1) is 0 Å². The van der Waals surface area contributed by atoms with Gasteiger partial charge in [0, 0.05) is 5.56 Å². The fourth-order valence-corrected chi connectivity index (χ4v) is 1.86. The molecule has 18 heavy (non-hydrogen) atoms. The summed E-state index contributed by atoms with van der Waals surface area (Å²) in [6.07, 6.45) is 4.13. The van der Waals surface area contributed by atoms with Crippen molar-refractivity contribution in [3.63, 3.8) is 0 Å². The molecule has 0 aliphatic rings. The molecule has 5 heteroatoms. The zero-order valence-electron chi connectivity index (χ0n) is 10.4. The molecule has 1 aromatic carbocycles. The van der Waals surface area contributed by atoms with E-state index in [0.29, 0.717) is 12.1 Å². The molecule has 0 bridgehead atoms. The maximum Gasteiger partial charge on any atom is 0.137 e. The summed E-state index contributed by atoms with van der Waals surface area (Å²) in [4.78, 5) is 3.90. The Labute approximate surface area is 106 Å². The monoisotopic (exact) mass is 248 g/mol. The molecule has 2 aromatic rings. The number of nitrogens with zero attached hydrogens (tertiary/aromatic N) is 3. The van der Waals surface area contributed by atoms with E-state index >= 15 is 0 Å². The van der Waals surface area contributed by atoms with Crippen LogP contribution in [0.25, 0.3) is 0 Å². The van der Waals surface area contributed by atoms with E-state index in [1.165, 1.54) is 12.4 Å². The molecule has 1 aromatic heterocycles. The lowest BCUT2D eigenvalue weighted by atomic mass is 10.1. The highest BCUT2D eigenvalue weighted by molar-refractivity contribution is 5.21. The van der Waals surface area contributed by atoms with E-state index in [1.807, 2.05) is 6.07 Å². The second kappa shape index (κ2) is 6.26. The number of benzene rings is 1. The van der Waals surface area contributed by atoms with Crippen molar-refractivity contribution in [3.05, 3.63) is 48.3 Å². The van der Waals surface area contributed by atoms with Gasteiger partial charge in [-0.25, -0.2) is 9.37 Å². The molecule has 0 spiro atoms. The number of hydrogen-bond acceptors (Lipinski definition) is 3. The zero-order chi connectivity index (χ0) is 12.8. The highest BCUT2D eigenvalue weighted by atomic mass is 19.1. The summed E-state index contributed by atoms with van der Waals surface area (Å²) in [7, 11) is 0. The number of rotatable bonds is 6. The van der Waals surface area contributed by atoms with Crippen LogP contribution in [0.15, 0.2) is 36.9 Å². The fraction of sp³-hybridized carbons (Fsp3) is 0.385. The van der Waals surface area contributed by atoms with Crippen LogP contribution in [-0.2, 0) is 6.54 Å². The van der Waals surface area contributed by atoms with Crippen molar-refractivity contribution in [3.8, 4) is 0 Å². The van der Waals surface area contributed by atoms with Gasteiger partial charge in [0.25, 0.3) is 0 Å². The number of hydrogen-bond donors (Lipinski definition) is 1. The molecule has 0 aliphatic heterocycles. The minimum absolute atomic E-state index is 0.0900. The van der Waals surface area contributed by atoms with Crippen LogP contribution >= 0.6 is 0 Å². The van der Waals surface area contributed by atoms with Gasteiger partial charge in [0.2, 0.25) is 0 Å². The smallest absolute Gasteiger partial charge is 0.137 e. The summed E-state index contributed by atoms with van der Waals surface area (Å²) >= 11 is 0. The highest BCUT2D eigenvalue weighted by Crippen LogP contribution is 2.18. The molecule has 4 nitrogen and oxygen atoms in total. The number of nitrogens with one attached hydrogen (secondary N) is 1. The third-order valence-corrected chi connectivity index (χ3v) is 2.76. The van der Waals surface area contributed by atoms with Crippen LogP contribution in [0.3, 0.4) is 0 Å².